The van der Waals surface area contributed by atoms with E-state index in [-0.39, 0.29) is 6.42 Å². The number of rotatable bonds is 6. The van der Waals surface area contributed by atoms with Crippen molar-refractivity contribution in [3.63, 3.8) is 0 Å². The fourth-order valence-corrected chi connectivity index (χ4v) is 1.48. The van der Waals surface area contributed by atoms with Crippen molar-refractivity contribution in [2.75, 3.05) is 20.9 Å². The molecule has 1 N–H and O–H groups in total. The molecule has 0 aromatic heterocycles. The molecule has 2 unspecified atom stereocenters. The van der Waals surface area contributed by atoms with Gasteiger partial charge in [0, 0.05) is 0 Å². The standard InChI is InChI=1S/C13H22FNO6/c1-13(2,3)21-12(18)15-9(11(17)20-5)6-8(7-14)10(16)19-4/h8-9H,6-7H2,1-5H3,(H,15,18)/i14-1. The van der Waals surface area contributed by atoms with Crippen LogP contribution in [0.5, 0.6) is 0 Å². The van der Waals surface area contributed by atoms with Crippen molar-refractivity contribution < 1.29 is 33.0 Å². The fourth-order valence-electron chi connectivity index (χ4n) is 1.48. The summed E-state index contributed by atoms with van der Waals surface area (Å²) in [5.74, 6) is -2.78. The SMILES string of the molecule is COC(=O)C(C[18F])CC(NC(=O)OC(C)(C)C)C(=O)OC. The van der Waals surface area contributed by atoms with Crippen LogP contribution in [0.2, 0.25) is 0 Å². The third-order valence-electron chi connectivity index (χ3n) is 2.42. The smallest absolute Gasteiger partial charge is 0.408 e. The van der Waals surface area contributed by atoms with E-state index in [4.69, 9.17) is 4.74 Å². The van der Waals surface area contributed by atoms with Crippen LogP contribution in [0.15, 0.2) is 0 Å². The third-order valence-corrected chi connectivity index (χ3v) is 2.42. The van der Waals surface area contributed by atoms with Crippen LogP contribution in [-0.2, 0) is 23.8 Å². The molecule has 0 spiro atoms. The number of ether oxygens (including phenoxy) is 3. The van der Waals surface area contributed by atoms with E-state index in [1.54, 1.807) is 20.8 Å². The van der Waals surface area contributed by atoms with Gasteiger partial charge in [-0.25, -0.2) is 9.59 Å². The van der Waals surface area contributed by atoms with Gasteiger partial charge < -0.3 is 19.5 Å². The van der Waals surface area contributed by atoms with Crippen LogP contribution in [0.3, 0.4) is 0 Å². The van der Waals surface area contributed by atoms with Crippen LogP contribution < -0.4 is 5.32 Å². The first-order valence-electron chi connectivity index (χ1n) is 6.35. The number of methoxy groups -OCH3 is 2. The molecule has 0 heterocycles. The summed E-state index contributed by atoms with van der Waals surface area (Å²) in [5, 5.41) is 2.26. The highest BCUT2D eigenvalue weighted by molar-refractivity contribution is 5.82. The van der Waals surface area contributed by atoms with E-state index in [0.29, 0.717) is 0 Å². The number of carbonyl (C=O) groups excluding carboxylic acids is 3. The summed E-state index contributed by atoms with van der Waals surface area (Å²) in [6.45, 7) is 3.94. The lowest BCUT2D eigenvalue weighted by Gasteiger charge is -2.23. The zero-order valence-corrected chi connectivity index (χ0v) is 12.9. The number of halogens is 1. The summed E-state index contributed by atoms with van der Waals surface area (Å²) in [6, 6.07) is -1.20. The van der Waals surface area contributed by atoms with E-state index < -0.39 is 42.3 Å². The third kappa shape index (κ3) is 7.48. The lowest BCUT2D eigenvalue weighted by atomic mass is 10.0. The quantitative estimate of drug-likeness (QED) is 0.586. The second-order valence-electron chi connectivity index (χ2n) is 5.33. The molecule has 0 saturated carbocycles. The van der Waals surface area contributed by atoms with Gasteiger partial charge in [-0.3, -0.25) is 9.18 Å². The van der Waals surface area contributed by atoms with E-state index in [9.17, 15) is 18.8 Å². The van der Waals surface area contributed by atoms with Gasteiger partial charge in [-0.15, -0.1) is 0 Å². The van der Waals surface area contributed by atoms with Crippen molar-refractivity contribution in [2.24, 2.45) is 5.92 Å². The first-order valence-corrected chi connectivity index (χ1v) is 6.35. The minimum Gasteiger partial charge on any atom is -0.469 e. The number of hydrogen-bond acceptors (Lipinski definition) is 6. The van der Waals surface area contributed by atoms with Crippen molar-refractivity contribution in [1.82, 2.24) is 5.32 Å². The zero-order valence-electron chi connectivity index (χ0n) is 12.9. The predicted molar refractivity (Wildman–Crippen MR) is 71.3 cm³/mol. The van der Waals surface area contributed by atoms with Gasteiger partial charge in [0.05, 0.1) is 20.1 Å². The molecule has 0 radical (unpaired) electrons. The van der Waals surface area contributed by atoms with Crippen LogP contribution in [0.25, 0.3) is 0 Å². The fraction of sp³-hybridized carbons (Fsp3) is 0.769. The maximum atomic E-state index is 12.8. The van der Waals surface area contributed by atoms with E-state index in [2.05, 4.69) is 14.8 Å². The van der Waals surface area contributed by atoms with Crippen molar-refractivity contribution in [3.8, 4) is 0 Å². The summed E-state index contributed by atoms with van der Waals surface area (Å²) in [7, 11) is 2.23. The van der Waals surface area contributed by atoms with Crippen molar-refractivity contribution in [2.45, 2.75) is 38.8 Å². The van der Waals surface area contributed by atoms with E-state index in [1.807, 2.05) is 0 Å². The lowest BCUT2D eigenvalue weighted by molar-refractivity contribution is -0.148. The highest BCUT2D eigenvalue weighted by atomic mass is 18.2. The maximum absolute atomic E-state index is 12.8. The normalized spacial score (nSPS) is 13.8. The van der Waals surface area contributed by atoms with Gasteiger partial charge in [-0.1, -0.05) is 0 Å². The van der Waals surface area contributed by atoms with Crippen molar-refractivity contribution in [1.29, 1.82) is 0 Å². The molecule has 7 nitrogen and oxygen atoms in total. The Labute approximate surface area is 123 Å². The van der Waals surface area contributed by atoms with Gasteiger partial charge in [0.1, 0.15) is 18.3 Å². The Balaban J connectivity index is 4.85. The number of esters is 2. The Bertz CT molecular complexity index is 379. The van der Waals surface area contributed by atoms with Crippen molar-refractivity contribution in [3.05, 3.63) is 0 Å². The Morgan fingerprint density at radius 1 is 1.10 bits per heavy atom. The van der Waals surface area contributed by atoms with Crippen LogP contribution in [0, 0.1) is 5.92 Å². The van der Waals surface area contributed by atoms with Crippen LogP contribution in [0.1, 0.15) is 27.2 Å². The number of hydrogen-bond donors (Lipinski definition) is 1. The Kier molecular flexibility index (Phi) is 7.69. The molecule has 0 aromatic carbocycles. The first-order chi connectivity index (χ1) is 9.64. The molecule has 2 atom stereocenters. The van der Waals surface area contributed by atoms with E-state index in [0.717, 1.165) is 14.2 Å². The molecule has 8 heteroatoms. The highest BCUT2D eigenvalue weighted by Gasteiger charge is 2.31. The molecule has 0 rings (SSSR count). The average Bonchev–Trinajstić information content (AvgIpc) is 2.39. The van der Waals surface area contributed by atoms with Gasteiger partial charge in [0.25, 0.3) is 0 Å². The summed E-state index contributed by atoms with van der Waals surface area (Å²) in [5.41, 5.74) is -0.757. The van der Waals surface area contributed by atoms with Gasteiger partial charge in [-0.05, 0) is 27.2 Å². The van der Waals surface area contributed by atoms with E-state index in [1.165, 1.54) is 0 Å². The zero-order chi connectivity index (χ0) is 16.6. The monoisotopic (exact) mass is 306 g/mol. The molecule has 0 saturated heterocycles. The van der Waals surface area contributed by atoms with Gasteiger partial charge >= 0.3 is 18.0 Å². The van der Waals surface area contributed by atoms with Gasteiger partial charge in [-0.2, -0.15) is 0 Å². The highest BCUT2D eigenvalue weighted by Crippen LogP contribution is 2.13. The Morgan fingerprint density at radius 3 is 2.00 bits per heavy atom. The predicted octanol–water partition coefficient (Wildman–Crippen LogP) is 1.20. The molecule has 0 aliphatic heterocycles. The lowest BCUT2D eigenvalue weighted by Crippen LogP contribution is -2.46. The molecule has 0 aromatic rings. The second kappa shape index (κ2) is 8.43. The molecule has 122 valence electrons. The summed E-state index contributed by atoms with van der Waals surface area (Å²) >= 11 is 0. The minimum atomic E-state index is -1.20. The molecule has 0 fully saturated rings. The number of alkyl halides is 1. The van der Waals surface area contributed by atoms with Gasteiger partial charge in [0.15, 0.2) is 0 Å². The molecule has 0 aliphatic rings. The average molecular weight is 306 g/mol. The first kappa shape index (κ1) is 19.1. The molecule has 21 heavy (non-hydrogen) atoms. The number of carbonyl (C=O) groups is 3. The maximum Gasteiger partial charge on any atom is 0.408 e. The second-order valence-corrected chi connectivity index (χ2v) is 5.33. The molecule has 0 bridgehead atoms. The van der Waals surface area contributed by atoms with Crippen LogP contribution in [0.4, 0.5) is 9.18 Å². The molecular formula is C13H22FNO6. The summed E-state index contributed by atoms with van der Waals surface area (Å²) < 4.78 is 26.8. The minimum absolute atomic E-state index is 0.283. The van der Waals surface area contributed by atoms with Gasteiger partial charge in [0.2, 0.25) is 0 Å². The topological polar surface area (TPSA) is 90.9 Å². The largest absolute Gasteiger partial charge is 0.469 e. The molecule has 1 amide bonds. The Hall–Kier alpha value is -1.86. The molecular weight excluding hydrogens is 284 g/mol. The number of nitrogens with one attached hydrogen (secondary N) is 1. The number of amides is 1. The number of alkyl carbamates (subject to hydrolysis) is 1. The Morgan fingerprint density at radius 2 is 1.62 bits per heavy atom. The summed E-state index contributed by atoms with van der Waals surface area (Å²) in [6.07, 6.45) is -1.14. The van der Waals surface area contributed by atoms with E-state index >= 15 is 0 Å². The van der Waals surface area contributed by atoms with Crippen LogP contribution >= 0.6 is 0 Å². The summed E-state index contributed by atoms with van der Waals surface area (Å²) in [4.78, 5) is 34.6. The van der Waals surface area contributed by atoms with Crippen molar-refractivity contribution >= 4 is 18.0 Å². The molecule has 0 aliphatic carbocycles. The van der Waals surface area contributed by atoms with Crippen LogP contribution in [-0.4, -0.2) is 50.6 Å².